The maximum Gasteiger partial charge on any atom is 0.264 e. The van der Waals surface area contributed by atoms with Gasteiger partial charge in [-0.05, 0) is 42.2 Å². The molecular formula is C19H20N2O2S. The number of benzene rings is 2. The molecule has 0 spiro atoms. The molecule has 0 aliphatic carbocycles. The first-order chi connectivity index (χ1) is 11.7. The van der Waals surface area contributed by atoms with Gasteiger partial charge in [0.15, 0.2) is 11.7 Å². The van der Waals surface area contributed by atoms with Crippen LogP contribution in [0.5, 0.6) is 5.75 Å². The number of hydrogen-bond donors (Lipinski definition) is 1. The minimum Gasteiger partial charge on any atom is -0.484 e. The van der Waals surface area contributed by atoms with Crippen molar-refractivity contribution in [1.82, 2.24) is 4.98 Å². The SMILES string of the molecule is CC[C@@H](C)c1ccc(OCC(=O)Nc2nc3ccccc3s2)cc1. The topological polar surface area (TPSA) is 51.2 Å². The summed E-state index contributed by atoms with van der Waals surface area (Å²) in [5.74, 6) is 1.02. The normalized spacial score (nSPS) is 12.1. The van der Waals surface area contributed by atoms with E-state index in [-0.39, 0.29) is 12.5 Å². The molecule has 1 aromatic heterocycles. The Hall–Kier alpha value is -2.40. The third-order valence-electron chi connectivity index (χ3n) is 3.97. The Morgan fingerprint density at radius 1 is 1.21 bits per heavy atom. The second-order valence-corrected chi connectivity index (χ2v) is 6.73. The Bertz CT molecular complexity index is 794. The van der Waals surface area contributed by atoms with Crippen LogP contribution in [0.25, 0.3) is 10.2 Å². The molecule has 2 aromatic carbocycles. The number of rotatable bonds is 6. The van der Waals surface area contributed by atoms with Crippen molar-refractivity contribution in [3.05, 3.63) is 54.1 Å². The molecule has 124 valence electrons. The van der Waals surface area contributed by atoms with Crippen LogP contribution >= 0.6 is 11.3 Å². The summed E-state index contributed by atoms with van der Waals surface area (Å²) in [5.41, 5.74) is 2.17. The van der Waals surface area contributed by atoms with Crippen molar-refractivity contribution in [2.24, 2.45) is 0 Å². The van der Waals surface area contributed by atoms with E-state index in [0.717, 1.165) is 16.6 Å². The lowest BCUT2D eigenvalue weighted by atomic mass is 9.99. The van der Waals surface area contributed by atoms with Crippen LogP contribution in [0.3, 0.4) is 0 Å². The van der Waals surface area contributed by atoms with Crippen molar-refractivity contribution >= 4 is 32.6 Å². The fourth-order valence-corrected chi connectivity index (χ4v) is 3.24. The quantitative estimate of drug-likeness (QED) is 0.699. The summed E-state index contributed by atoms with van der Waals surface area (Å²) < 4.78 is 6.60. The van der Waals surface area contributed by atoms with Gasteiger partial charge in [0, 0.05) is 0 Å². The minimum absolute atomic E-state index is 0.0292. The molecule has 0 saturated heterocycles. The first-order valence-corrected chi connectivity index (χ1v) is 8.85. The molecule has 5 heteroatoms. The fraction of sp³-hybridized carbons (Fsp3) is 0.263. The number of para-hydroxylation sites is 1. The zero-order valence-corrected chi connectivity index (χ0v) is 14.6. The molecule has 1 heterocycles. The molecule has 3 rings (SSSR count). The average molecular weight is 340 g/mol. The van der Waals surface area contributed by atoms with Gasteiger partial charge in [-0.25, -0.2) is 4.98 Å². The zero-order valence-electron chi connectivity index (χ0n) is 13.8. The van der Waals surface area contributed by atoms with E-state index in [1.807, 2.05) is 36.4 Å². The van der Waals surface area contributed by atoms with E-state index in [4.69, 9.17) is 4.74 Å². The molecule has 0 unspecified atom stereocenters. The van der Waals surface area contributed by atoms with E-state index in [1.165, 1.54) is 16.9 Å². The Balaban J connectivity index is 1.55. The van der Waals surface area contributed by atoms with Crippen LogP contribution in [0.4, 0.5) is 5.13 Å². The van der Waals surface area contributed by atoms with E-state index in [2.05, 4.69) is 36.3 Å². The van der Waals surface area contributed by atoms with Crippen molar-refractivity contribution in [2.45, 2.75) is 26.2 Å². The van der Waals surface area contributed by atoms with E-state index in [9.17, 15) is 4.79 Å². The Morgan fingerprint density at radius 2 is 1.96 bits per heavy atom. The molecule has 24 heavy (non-hydrogen) atoms. The maximum atomic E-state index is 12.0. The lowest BCUT2D eigenvalue weighted by Gasteiger charge is -2.10. The molecule has 1 N–H and O–H groups in total. The van der Waals surface area contributed by atoms with Crippen molar-refractivity contribution < 1.29 is 9.53 Å². The number of anilines is 1. The summed E-state index contributed by atoms with van der Waals surface area (Å²) in [7, 11) is 0. The first kappa shape index (κ1) is 16.5. The van der Waals surface area contributed by atoms with E-state index >= 15 is 0 Å². The Morgan fingerprint density at radius 3 is 2.67 bits per heavy atom. The largest absolute Gasteiger partial charge is 0.484 e. The number of ether oxygens (including phenoxy) is 1. The average Bonchev–Trinajstić information content (AvgIpc) is 3.02. The van der Waals surface area contributed by atoms with Crippen LogP contribution in [-0.4, -0.2) is 17.5 Å². The van der Waals surface area contributed by atoms with Gasteiger partial charge in [-0.3, -0.25) is 10.1 Å². The fourth-order valence-electron chi connectivity index (χ4n) is 2.36. The number of nitrogens with one attached hydrogen (secondary N) is 1. The van der Waals surface area contributed by atoms with Gasteiger partial charge in [-0.15, -0.1) is 0 Å². The van der Waals surface area contributed by atoms with E-state index < -0.39 is 0 Å². The zero-order chi connectivity index (χ0) is 16.9. The van der Waals surface area contributed by atoms with Gasteiger partial charge >= 0.3 is 0 Å². The van der Waals surface area contributed by atoms with Crippen LogP contribution in [0.1, 0.15) is 31.7 Å². The lowest BCUT2D eigenvalue weighted by Crippen LogP contribution is -2.20. The maximum absolute atomic E-state index is 12.0. The number of thiazole rings is 1. The van der Waals surface area contributed by atoms with Crippen molar-refractivity contribution in [3.63, 3.8) is 0 Å². The van der Waals surface area contributed by atoms with Gasteiger partial charge in [-0.2, -0.15) is 0 Å². The number of fused-ring (bicyclic) bond motifs is 1. The van der Waals surface area contributed by atoms with Gasteiger partial charge in [-0.1, -0.05) is 49.4 Å². The molecule has 0 aliphatic rings. The predicted octanol–water partition coefficient (Wildman–Crippen LogP) is 4.83. The smallest absolute Gasteiger partial charge is 0.264 e. The number of nitrogens with zero attached hydrogens (tertiary/aromatic N) is 1. The molecule has 4 nitrogen and oxygen atoms in total. The molecule has 1 atom stereocenters. The second kappa shape index (κ2) is 7.45. The summed E-state index contributed by atoms with van der Waals surface area (Å²) in [6.45, 7) is 4.33. The highest BCUT2D eigenvalue weighted by molar-refractivity contribution is 7.22. The number of carbonyl (C=O) groups is 1. The highest BCUT2D eigenvalue weighted by Gasteiger charge is 2.09. The second-order valence-electron chi connectivity index (χ2n) is 5.70. The molecule has 3 aromatic rings. The predicted molar refractivity (Wildman–Crippen MR) is 98.9 cm³/mol. The van der Waals surface area contributed by atoms with E-state index in [0.29, 0.717) is 16.8 Å². The Kier molecular flexibility index (Phi) is 5.11. The summed E-state index contributed by atoms with van der Waals surface area (Å²) in [5, 5.41) is 3.38. The third-order valence-corrected chi connectivity index (χ3v) is 4.92. The van der Waals surface area contributed by atoms with Crippen LogP contribution < -0.4 is 10.1 Å². The molecule has 0 radical (unpaired) electrons. The molecule has 0 bridgehead atoms. The molecule has 0 saturated carbocycles. The molecule has 0 fully saturated rings. The van der Waals surface area contributed by atoms with Crippen molar-refractivity contribution in [2.75, 3.05) is 11.9 Å². The number of carbonyl (C=O) groups excluding carboxylic acids is 1. The summed E-state index contributed by atoms with van der Waals surface area (Å²) in [6, 6.07) is 15.7. The standard InChI is InChI=1S/C19H20N2O2S/c1-3-13(2)14-8-10-15(11-9-14)23-12-18(22)21-19-20-16-6-4-5-7-17(16)24-19/h4-11,13H,3,12H2,1-2H3,(H,20,21,22)/t13-/m1/s1. The minimum atomic E-state index is -0.208. The van der Waals surface area contributed by atoms with Crippen molar-refractivity contribution in [3.8, 4) is 5.75 Å². The highest BCUT2D eigenvalue weighted by atomic mass is 32.1. The Labute approximate surface area is 145 Å². The van der Waals surface area contributed by atoms with Gasteiger partial charge in [0.05, 0.1) is 10.2 Å². The van der Waals surface area contributed by atoms with Crippen LogP contribution in [0.2, 0.25) is 0 Å². The van der Waals surface area contributed by atoms with Gasteiger partial charge in [0.25, 0.3) is 5.91 Å². The lowest BCUT2D eigenvalue weighted by molar-refractivity contribution is -0.118. The summed E-state index contributed by atoms with van der Waals surface area (Å²) in [6.07, 6.45) is 1.10. The number of hydrogen-bond acceptors (Lipinski definition) is 4. The monoisotopic (exact) mass is 340 g/mol. The van der Waals surface area contributed by atoms with Crippen LogP contribution in [-0.2, 0) is 4.79 Å². The summed E-state index contributed by atoms with van der Waals surface area (Å²) in [4.78, 5) is 16.4. The van der Waals surface area contributed by atoms with Crippen molar-refractivity contribution in [1.29, 1.82) is 0 Å². The number of amides is 1. The highest BCUT2D eigenvalue weighted by Crippen LogP contribution is 2.25. The third kappa shape index (κ3) is 3.92. The summed E-state index contributed by atoms with van der Waals surface area (Å²) >= 11 is 1.46. The van der Waals surface area contributed by atoms with Gasteiger partial charge in [0.2, 0.25) is 0 Å². The van der Waals surface area contributed by atoms with E-state index in [1.54, 1.807) is 0 Å². The van der Waals surface area contributed by atoms with Crippen LogP contribution in [0, 0.1) is 0 Å². The molecular weight excluding hydrogens is 320 g/mol. The first-order valence-electron chi connectivity index (χ1n) is 8.04. The molecule has 0 aliphatic heterocycles. The molecule has 1 amide bonds. The van der Waals surface area contributed by atoms with Gasteiger partial charge < -0.3 is 4.74 Å². The number of aromatic nitrogens is 1. The van der Waals surface area contributed by atoms with Crippen LogP contribution in [0.15, 0.2) is 48.5 Å². The van der Waals surface area contributed by atoms with Gasteiger partial charge in [0.1, 0.15) is 5.75 Å².